The van der Waals surface area contributed by atoms with Gasteiger partial charge in [-0.25, -0.2) is 4.79 Å². The Morgan fingerprint density at radius 1 is 0.933 bits per heavy atom. The Morgan fingerprint density at radius 3 is 2.20 bits per heavy atom. The topological polar surface area (TPSA) is 71.2 Å². The second kappa shape index (κ2) is 7.72. The van der Waals surface area contributed by atoms with Crippen LogP contribution in [0.3, 0.4) is 0 Å². The number of aromatic nitrogens is 4. The molecule has 3 aromatic rings. The fourth-order valence-corrected chi connectivity index (χ4v) is 2.56. The van der Waals surface area contributed by atoms with Gasteiger partial charge in [-0.1, -0.05) is 18.2 Å². The molecule has 0 bridgehead atoms. The van der Waals surface area contributed by atoms with Crippen LogP contribution < -0.4 is 15.2 Å². The highest BCUT2D eigenvalue weighted by atomic mass is 19.4. The number of rotatable bonds is 5. The third-order valence-corrected chi connectivity index (χ3v) is 3.85. The molecule has 1 heterocycles. The van der Waals surface area contributed by atoms with E-state index in [1.54, 1.807) is 0 Å². The van der Waals surface area contributed by atoms with E-state index in [-0.39, 0.29) is 11.3 Å². The average molecular weight is 434 g/mol. The quantitative estimate of drug-likeness (QED) is 0.576. The molecule has 0 aliphatic rings. The van der Waals surface area contributed by atoms with Crippen LogP contribution in [0.5, 0.6) is 11.5 Å². The van der Waals surface area contributed by atoms with Crippen LogP contribution >= 0.6 is 0 Å². The van der Waals surface area contributed by atoms with Gasteiger partial charge in [0.1, 0.15) is 18.1 Å². The van der Waals surface area contributed by atoms with Gasteiger partial charge in [-0.15, -0.1) is 13.2 Å². The molecule has 0 saturated heterocycles. The Kier molecular flexibility index (Phi) is 5.46. The molecule has 0 aliphatic carbocycles. The molecule has 7 nitrogen and oxygen atoms in total. The van der Waals surface area contributed by atoms with Crippen LogP contribution in [0.2, 0.25) is 0 Å². The third-order valence-electron chi connectivity index (χ3n) is 3.85. The number of aryl methyl sites for hydroxylation is 1. The van der Waals surface area contributed by atoms with Gasteiger partial charge < -0.3 is 9.47 Å². The zero-order valence-electron chi connectivity index (χ0n) is 15.0. The van der Waals surface area contributed by atoms with Gasteiger partial charge in [0.25, 0.3) is 0 Å². The first kappa shape index (κ1) is 21.2. The zero-order valence-corrected chi connectivity index (χ0v) is 15.0. The molecule has 0 fully saturated rings. The Hall–Kier alpha value is -3.51. The van der Waals surface area contributed by atoms with Crippen LogP contribution in [0.15, 0.2) is 47.3 Å². The predicted octanol–water partition coefficient (Wildman–Crippen LogP) is 3.46. The van der Waals surface area contributed by atoms with Gasteiger partial charge in [0.2, 0.25) is 0 Å². The van der Waals surface area contributed by atoms with E-state index in [4.69, 9.17) is 4.74 Å². The fourth-order valence-electron chi connectivity index (χ4n) is 2.56. The molecule has 160 valence electrons. The van der Waals surface area contributed by atoms with E-state index in [0.29, 0.717) is 4.68 Å². The second-order valence-corrected chi connectivity index (χ2v) is 5.88. The first-order valence-corrected chi connectivity index (χ1v) is 8.13. The summed E-state index contributed by atoms with van der Waals surface area (Å²) in [5, 5.41) is 7.01. The molecule has 1 aromatic heterocycles. The maximum Gasteiger partial charge on any atom is 0.573 e. The molecule has 0 N–H and O–H groups in total. The summed E-state index contributed by atoms with van der Waals surface area (Å²) in [7, 11) is 1.26. The maximum absolute atomic E-state index is 13.2. The summed E-state index contributed by atoms with van der Waals surface area (Å²) in [6.07, 6.45) is -9.84. The minimum atomic E-state index is -5.09. The molecular weight excluding hydrogens is 422 g/mol. The van der Waals surface area contributed by atoms with Crippen molar-refractivity contribution >= 4 is 0 Å². The van der Waals surface area contributed by atoms with Crippen molar-refractivity contribution < 1.29 is 35.8 Å². The lowest BCUT2D eigenvalue weighted by atomic mass is 10.1. The van der Waals surface area contributed by atoms with E-state index in [2.05, 4.69) is 15.2 Å². The molecule has 0 unspecified atom stereocenters. The van der Waals surface area contributed by atoms with Crippen molar-refractivity contribution in [1.29, 1.82) is 0 Å². The van der Waals surface area contributed by atoms with Crippen LogP contribution in [0.4, 0.5) is 26.3 Å². The van der Waals surface area contributed by atoms with Crippen LogP contribution in [-0.4, -0.2) is 26.2 Å². The molecule has 30 heavy (non-hydrogen) atoms. The van der Waals surface area contributed by atoms with Gasteiger partial charge in [0.05, 0.1) is 16.8 Å². The van der Waals surface area contributed by atoms with Crippen molar-refractivity contribution in [2.24, 2.45) is 7.05 Å². The number of alkyl halides is 6. The highest BCUT2D eigenvalue weighted by molar-refractivity contribution is 5.49. The molecule has 0 spiro atoms. The van der Waals surface area contributed by atoms with Gasteiger partial charge in [0, 0.05) is 7.05 Å². The SMILES string of the molecule is Cn1nnn(-c2cccc(OC(F)(F)F)c2COc2ccccc2C(F)(F)F)c1=O. The second-order valence-electron chi connectivity index (χ2n) is 5.88. The Morgan fingerprint density at radius 2 is 1.60 bits per heavy atom. The normalized spacial score (nSPS) is 12.1. The van der Waals surface area contributed by atoms with Gasteiger partial charge in [-0.3, -0.25) is 0 Å². The number of nitrogens with zero attached hydrogens (tertiary/aromatic N) is 4. The van der Waals surface area contributed by atoms with Crippen molar-refractivity contribution in [3.05, 3.63) is 64.1 Å². The third kappa shape index (κ3) is 4.55. The smallest absolute Gasteiger partial charge is 0.488 e. The van der Waals surface area contributed by atoms with E-state index >= 15 is 0 Å². The van der Waals surface area contributed by atoms with Crippen molar-refractivity contribution in [3.8, 4) is 17.2 Å². The summed E-state index contributed by atoms with van der Waals surface area (Å²) >= 11 is 0. The first-order valence-electron chi connectivity index (χ1n) is 8.13. The number of para-hydroxylation sites is 1. The molecule has 0 atom stereocenters. The molecule has 13 heteroatoms. The molecule has 3 rings (SSSR count). The molecule has 2 aromatic carbocycles. The molecule has 0 radical (unpaired) electrons. The summed E-state index contributed by atoms with van der Waals surface area (Å²) < 4.78 is 88.5. The molecule has 0 saturated carbocycles. The van der Waals surface area contributed by atoms with Crippen LogP contribution in [-0.2, 0) is 19.8 Å². The van der Waals surface area contributed by atoms with Gasteiger partial charge >= 0.3 is 18.2 Å². The van der Waals surface area contributed by atoms with E-state index in [1.807, 2.05) is 0 Å². The van der Waals surface area contributed by atoms with Crippen LogP contribution in [0, 0.1) is 0 Å². The number of hydrogen-bond donors (Lipinski definition) is 0. The summed E-state index contributed by atoms with van der Waals surface area (Å²) in [5.74, 6) is -1.37. The van der Waals surface area contributed by atoms with E-state index in [0.717, 1.165) is 35.0 Å². The van der Waals surface area contributed by atoms with E-state index < -0.39 is 41.9 Å². The highest BCUT2D eigenvalue weighted by Gasteiger charge is 2.35. The highest BCUT2D eigenvalue weighted by Crippen LogP contribution is 2.37. The predicted molar refractivity (Wildman–Crippen MR) is 89.1 cm³/mol. The van der Waals surface area contributed by atoms with E-state index in [9.17, 15) is 31.1 Å². The average Bonchev–Trinajstić information content (AvgIpc) is 2.97. The van der Waals surface area contributed by atoms with Crippen LogP contribution in [0.1, 0.15) is 11.1 Å². The minimum absolute atomic E-state index is 0.195. The number of ether oxygens (including phenoxy) is 2. The number of benzene rings is 2. The van der Waals surface area contributed by atoms with Crippen molar-refractivity contribution in [1.82, 2.24) is 19.8 Å². The monoisotopic (exact) mass is 434 g/mol. The molecular formula is C17H12F6N4O3. The van der Waals surface area contributed by atoms with Crippen molar-refractivity contribution in [2.45, 2.75) is 19.1 Å². The number of hydrogen-bond acceptors (Lipinski definition) is 5. The number of tetrazole rings is 1. The zero-order chi connectivity index (χ0) is 22.1. The van der Waals surface area contributed by atoms with Crippen molar-refractivity contribution in [2.75, 3.05) is 0 Å². The lowest BCUT2D eigenvalue weighted by Crippen LogP contribution is -2.24. The number of halogens is 6. The van der Waals surface area contributed by atoms with Crippen molar-refractivity contribution in [3.63, 3.8) is 0 Å². The van der Waals surface area contributed by atoms with Gasteiger partial charge in [0.15, 0.2) is 0 Å². The molecule has 0 amide bonds. The summed E-state index contributed by atoms with van der Waals surface area (Å²) in [4.78, 5) is 12.1. The lowest BCUT2D eigenvalue weighted by molar-refractivity contribution is -0.275. The van der Waals surface area contributed by atoms with E-state index in [1.165, 1.54) is 19.2 Å². The maximum atomic E-state index is 13.2. The Balaban J connectivity index is 2.06. The Labute approximate surface area is 164 Å². The largest absolute Gasteiger partial charge is 0.573 e. The minimum Gasteiger partial charge on any atom is -0.488 e. The van der Waals surface area contributed by atoms with Gasteiger partial charge in [-0.05, 0) is 34.7 Å². The summed E-state index contributed by atoms with van der Waals surface area (Å²) in [6.45, 7) is -0.780. The Bertz CT molecular complexity index is 1100. The lowest BCUT2D eigenvalue weighted by Gasteiger charge is -2.18. The van der Waals surface area contributed by atoms with Crippen LogP contribution in [0.25, 0.3) is 5.69 Å². The first-order chi connectivity index (χ1) is 14.0. The van der Waals surface area contributed by atoms with Gasteiger partial charge in [-0.2, -0.15) is 22.5 Å². The summed E-state index contributed by atoms with van der Waals surface area (Å²) in [6, 6.07) is 7.52. The fraction of sp³-hybridized carbons (Fsp3) is 0.235. The summed E-state index contributed by atoms with van der Waals surface area (Å²) in [5.41, 5.74) is -2.46. The standard InChI is InChI=1S/C17H12F6N4O3/c1-26-15(28)27(25-24-26)12-6-4-8-13(30-17(21,22)23)10(12)9-29-14-7-3-2-5-11(14)16(18,19)20/h2-8H,9H2,1H3. The molecule has 0 aliphatic heterocycles.